The number of benzene rings is 1. The lowest BCUT2D eigenvalue weighted by Crippen LogP contribution is -2.28. The third-order valence-corrected chi connectivity index (χ3v) is 6.40. The minimum absolute atomic E-state index is 0.0410. The van der Waals surface area contributed by atoms with Gasteiger partial charge in [-0.15, -0.1) is 0 Å². The first-order valence-electron chi connectivity index (χ1n) is 11.1. The number of pyridine rings is 1. The van der Waals surface area contributed by atoms with Crippen molar-refractivity contribution < 1.29 is 13.2 Å². The van der Waals surface area contributed by atoms with Crippen molar-refractivity contribution in [3.63, 3.8) is 0 Å². The summed E-state index contributed by atoms with van der Waals surface area (Å²) in [5.74, 6) is 0.477. The number of hydrogen-bond acceptors (Lipinski definition) is 4. The Labute approximate surface area is 192 Å². The van der Waals surface area contributed by atoms with Crippen LogP contribution in [0.3, 0.4) is 0 Å². The van der Waals surface area contributed by atoms with Crippen molar-refractivity contribution in [2.45, 2.75) is 38.4 Å². The summed E-state index contributed by atoms with van der Waals surface area (Å²) in [6.45, 7) is 1.88. The van der Waals surface area contributed by atoms with E-state index in [9.17, 15) is 13.2 Å². The van der Waals surface area contributed by atoms with Crippen LogP contribution >= 0.6 is 0 Å². The summed E-state index contributed by atoms with van der Waals surface area (Å²) in [6.07, 6.45) is 2.05. The van der Waals surface area contributed by atoms with Gasteiger partial charge in [0.2, 0.25) is 0 Å². The van der Waals surface area contributed by atoms with Crippen molar-refractivity contribution in [3.05, 3.63) is 77.4 Å². The molecule has 0 spiro atoms. The standard InChI is InChI=1S/C25H21F3N6/c1-14-8-15(12-29-11-14)22-10-23(34-24(33-22)19(13-30-34)25(26,27)28)31-16-6-7-21-18(9-16)17-4-2-3-5-20(17)32-21/h2-5,8,10-13,16,31-32H,6-7,9H2,1H3/t16-/m1/s1. The lowest BCUT2D eigenvalue weighted by Gasteiger charge is -2.25. The number of alkyl halides is 3. The zero-order valence-corrected chi connectivity index (χ0v) is 18.3. The molecule has 1 atom stereocenters. The Balaban J connectivity index is 1.43. The van der Waals surface area contributed by atoms with E-state index < -0.39 is 11.7 Å². The predicted molar refractivity (Wildman–Crippen MR) is 124 cm³/mol. The van der Waals surface area contributed by atoms with Crippen molar-refractivity contribution in [3.8, 4) is 11.3 Å². The zero-order chi connectivity index (χ0) is 23.4. The van der Waals surface area contributed by atoms with E-state index in [0.717, 1.165) is 36.5 Å². The molecule has 34 heavy (non-hydrogen) atoms. The van der Waals surface area contributed by atoms with E-state index in [1.54, 1.807) is 18.5 Å². The molecule has 1 aliphatic rings. The van der Waals surface area contributed by atoms with E-state index in [0.29, 0.717) is 17.1 Å². The highest BCUT2D eigenvalue weighted by Gasteiger charge is 2.36. The van der Waals surface area contributed by atoms with Crippen LogP contribution in [-0.4, -0.2) is 30.6 Å². The number of nitrogens with zero attached hydrogens (tertiary/aromatic N) is 4. The molecule has 6 nitrogen and oxygen atoms in total. The predicted octanol–water partition coefficient (Wildman–Crippen LogP) is 5.57. The fourth-order valence-electron chi connectivity index (χ4n) is 4.81. The van der Waals surface area contributed by atoms with Crippen LogP contribution in [0, 0.1) is 6.92 Å². The number of hydrogen-bond donors (Lipinski definition) is 2. The Hall–Kier alpha value is -3.88. The van der Waals surface area contributed by atoms with Crippen LogP contribution in [0.2, 0.25) is 0 Å². The molecule has 2 N–H and O–H groups in total. The largest absolute Gasteiger partial charge is 0.421 e. The summed E-state index contributed by atoms with van der Waals surface area (Å²) >= 11 is 0. The highest BCUT2D eigenvalue weighted by atomic mass is 19.4. The van der Waals surface area contributed by atoms with E-state index >= 15 is 0 Å². The molecule has 4 heterocycles. The smallest absolute Gasteiger partial charge is 0.367 e. The van der Waals surface area contributed by atoms with Gasteiger partial charge in [-0.1, -0.05) is 18.2 Å². The molecular formula is C25H21F3N6. The third-order valence-electron chi connectivity index (χ3n) is 6.40. The Morgan fingerprint density at radius 1 is 1.12 bits per heavy atom. The van der Waals surface area contributed by atoms with Gasteiger partial charge in [0, 0.05) is 46.7 Å². The Bertz CT molecular complexity index is 1530. The zero-order valence-electron chi connectivity index (χ0n) is 18.3. The van der Waals surface area contributed by atoms with E-state index in [1.807, 2.05) is 25.1 Å². The average Bonchev–Trinajstić information content (AvgIpc) is 3.41. The van der Waals surface area contributed by atoms with Crippen molar-refractivity contribution in [2.24, 2.45) is 0 Å². The highest BCUT2D eigenvalue weighted by molar-refractivity contribution is 5.85. The molecule has 0 amide bonds. The van der Waals surface area contributed by atoms with Crippen LogP contribution in [0.4, 0.5) is 19.0 Å². The van der Waals surface area contributed by atoms with Crippen LogP contribution in [-0.2, 0) is 19.0 Å². The van der Waals surface area contributed by atoms with Gasteiger partial charge < -0.3 is 10.3 Å². The van der Waals surface area contributed by atoms with Gasteiger partial charge in [-0.3, -0.25) is 4.98 Å². The first kappa shape index (κ1) is 20.7. The summed E-state index contributed by atoms with van der Waals surface area (Å²) in [5, 5.41) is 8.69. The number of nitrogens with one attached hydrogen (secondary N) is 2. The second kappa shape index (κ2) is 7.58. The molecule has 6 rings (SSSR count). The molecule has 0 saturated carbocycles. The molecule has 5 aromatic rings. The summed E-state index contributed by atoms with van der Waals surface area (Å²) in [7, 11) is 0. The molecule has 4 aromatic heterocycles. The van der Waals surface area contributed by atoms with Crippen LogP contribution < -0.4 is 5.32 Å². The lowest BCUT2D eigenvalue weighted by molar-refractivity contribution is -0.136. The van der Waals surface area contributed by atoms with Gasteiger partial charge in [0.05, 0.1) is 11.9 Å². The van der Waals surface area contributed by atoms with Gasteiger partial charge in [-0.25, -0.2) is 4.98 Å². The molecule has 9 heteroatoms. The van der Waals surface area contributed by atoms with Crippen molar-refractivity contribution >= 4 is 22.4 Å². The number of aryl methyl sites for hydroxylation is 2. The van der Waals surface area contributed by atoms with Gasteiger partial charge >= 0.3 is 6.18 Å². The Morgan fingerprint density at radius 2 is 1.97 bits per heavy atom. The first-order chi connectivity index (χ1) is 16.4. The summed E-state index contributed by atoms with van der Waals surface area (Å²) in [6, 6.07) is 11.8. The second-order valence-electron chi connectivity index (χ2n) is 8.78. The number of aromatic amines is 1. The van der Waals surface area contributed by atoms with Crippen LogP contribution in [0.15, 0.2) is 55.0 Å². The number of rotatable bonds is 3. The van der Waals surface area contributed by atoms with E-state index in [1.165, 1.54) is 21.2 Å². The first-order valence-corrected chi connectivity index (χ1v) is 11.1. The fraction of sp³-hybridized carbons (Fsp3) is 0.240. The minimum Gasteiger partial charge on any atom is -0.367 e. The molecule has 1 aromatic carbocycles. The lowest BCUT2D eigenvalue weighted by atomic mass is 9.91. The second-order valence-corrected chi connectivity index (χ2v) is 8.78. The highest BCUT2D eigenvalue weighted by Crippen LogP contribution is 2.35. The van der Waals surface area contributed by atoms with Crippen molar-refractivity contribution in [2.75, 3.05) is 5.32 Å². The molecule has 0 unspecified atom stereocenters. The molecule has 172 valence electrons. The molecule has 0 radical (unpaired) electrons. The van der Waals surface area contributed by atoms with E-state index in [-0.39, 0.29) is 11.7 Å². The third kappa shape index (κ3) is 3.48. The van der Waals surface area contributed by atoms with Gasteiger partial charge in [-0.05, 0) is 49.4 Å². The Kier molecular flexibility index (Phi) is 4.62. The maximum absolute atomic E-state index is 13.7. The van der Waals surface area contributed by atoms with Gasteiger partial charge in [-0.2, -0.15) is 22.8 Å². The molecule has 0 aliphatic heterocycles. The molecular weight excluding hydrogens is 441 g/mol. The summed E-state index contributed by atoms with van der Waals surface area (Å²) in [4.78, 5) is 12.0. The molecule has 0 fully saturated rings. The number of aromatic nitrogens is 5. The van der Waals surface area contributed by atoms with Crippen molar-refractivity contribution in [1.29, 1.82) is 0 Å². The number of halogens is 3. The van der Waals surface area contributed by atoms with Gasteiger partial charge in [0.15, 0.2) is 5.65 Å². The average molecular weight is 462 g/mol. The summed E-state index contributed by atoms with van der Waals surface area (Å²) < 4.78 is 42.3. The van der Waals surface area contributed by atoms with E-state index in [4.69, 9.17) is 0 Å². The SMILES string of the molecule is Cc1cncc(-c2cc(N[C@@H]3CCc4[nH]c5ccccc5c4C3)n3ncc(C(F)(F)F)c3n2)c1. The maximum atomic E-state index is 13.7. The van der Waals surface area contributed by atoms with Crippen molar-refractivity contribution in [1.82, 2.24) is 24.6 Å². The normalized spacial score (nSPS) is 16.2. The number of para-hydroxylation sites is 1. The van der Waals surface area contributed by atoms with Gasteiger partial charge in [0.1, 0.15) is 11.4 Å². The quantitative estimate of drug-likeness (QED) is 0.368. The fourth-order valence-corrected chi connectivity index (χ4v) is 4.81. The number of H-pyrrole nitrogens is 1. The number of fused-ring (bicyclic) bond motifs is 4. The molecule has 1 aliphatic carbocycles. The number of anilines is 1. The van der Waals surface area contributed by atoms with E-state index in [2.05, 4.69) is 37.5 Å². The maximum Gasteiger partial charge on any atom is 0.421 e. The van der Waals surface area contributed by atoms with Crippen LogP contribution in [0.5, 0.6) is 0 Å². The van der Waals surface area contributed by atoms with Gasteiger partial charge in [0.25, 0.3) is 0 Å². The summed E-state index contributed by atoms with van der Waals surface area (Å²) in [5.41, 5.74) is 4.47. The monoisotopic (exact) mass is 462 g/mol. The molecule has 0 saturated heterocycles. The minimum atomic E-state index is -4.56. The topological polar surface area (TPSA) is 70.9 Å². The van der Waals surface area contributed by atoms with Crippen LogP contribution in [0.1, 0.15) is 28.8 Å². The molecule has 0 bridgehead atoms. The van der Waals surface area contributed by atoms with Crippen LogP contribution in [0.25, 0.3) is 27.8 Å². The Morgan fingerprint density at radius 3 is 2.79 bits per heavy atom.